The summed E-state index contributed by atoms with van der Waals surface area (Å²) in [4.78, 5) is 11.8. The molecule has 7 nitrogen and oxygen atoms in total. The van der Waals surface area contributed by atoms with Gasteiger partial charge in [-0.1, -0.05) is 6.92 Å². The van der Waals surface area contributed by atoms with Gasteiger partial charge >= 0.3 is 0 Å². The quantitative estimate of drug-likeness (QED) is 0.520. The van der Waals surface area contributed by atoms with Crippen molar-refractivity contribution in [2.45, 2.75) is 19.4 Å². The van der Waals surface area contributed by atoms with Gasteiger partial charge in [0, 0.05) is 12.6 Å². The van der Waals surface area contributed by atoms with Gasteiger partial charge in [0.2, 0.25) is 15.9 Å². The standard InChI is InChI=1S/C10H21N3O4S/c1-2-3-12-9-7-17-6-8(9)10(14)13-4-5-18(11,15)16/h8-9,12H,2-7H2,1H3,(H,13,14)(H2,11,15,16). The lowest BCUT2D eigenvalue weighted by molar-refractivity contribution is -0.125. The predicted molar refractivity (Wildman–Crippen MR) is 67.4 cm³/mol. The smallest absolute Gasteiger partial charge is 0.227 e. The van der Waals surface area contributed by atoms with Crippen LogP contribution < -0.4 is 15.8 Å². The van der Waals surface area contributed by atoms with E-state index in [1.165, 1.54) is 0 Å². The number of nitrogens with two attached hydrogens (primary N) is 1. The van der Waals surface area contributed by atoms with Gasteiger partial charge in [0.15, 0.2) is 0 Å². The summed E-state index contributed by atoms with van der Waals surface area (Å²) in [6.07, 6.45) is 0.982. The van der Waals surface area contributed by atoms with E-state index in [0.717, 1.165) is 13.0 Å². The maximum Gasteiger partial charge on any atom is 0.227 e. The van der Waals surface area contributed by atoms with E-state index in [2.05, 4.69) is 10.6 Å². The van der Waals surface area contributed by atoms with Crippen LogP contribution in [-0.4, -0.2) is 52.4 Å². The van der Waals surface area contributed by atoms with E-state index in [4.69, 9.17) is 9.88 Å². The molecule has 1 rings (SSSR count). The van der Waals surface area contributed by atoms with Crippen LogP contribution in [0.3, 0.4) is 0 Å². The van der Waals surface area contributed by atoms with Crippen LogP contribution >= 0.6 is 0 Å². The third kappa shape index (κ3) is 5.30. The van der Waals surface area contributed by atoms with Gasteiger partial charge < -0.3 is 15.4 Å². The molecule has 2 atom stereocenters. The highest BCUT2D eigenvalue weighted by molar-refractivity contribution is 7.89. The van der Waals surface area contributed by atoms with E-state index >= 15 is 0 Å². The van der Waals surface area contributed by atoms with Crippen LogP contribution in [0, 0.1) is 5.92 Å². The number of hydrogen-bond donors (Lipinski definition) is 3. The monoisotopic (exact) mass is 279 g/mol. The fourth-order valence-electron chi connectivity index (χ4n) is 1.79. The highest BCUT2D eigenvalue weighted by atomic mass is 32.2. The molecule has 8 heteroatoms. The van der Waals surface area contributed by atoms with Gasteiger partial charge in [-0.2, -0.15) is 0 Å². The highest BCUT2D eigenvalue weighted by Gasteiger charge is 2.33. The molecule has 0 aromatic carbocycles. The molecule has 4 N–H and O–H groups in total. The fourth-order valence-corrected chi connectivity index (χ4v) is 2.18. The first-order chi connectivity index (χ1) is 8.44. The van der Waals surface area contributed by atoms with E-state index in [1.807, 2.05) is 6.92 Å². The summed E-state index contributed by atoms with van der Waals surface area (Å²) in [6.45, 7) is 3.78. The van der Waals surface area contributed by atoms with Gasteiger partial charge in [-0.05, 0) is 13.0 Å². The lowest BCUT2D eigenvalue weighted by Gasteiger charge is -2.18. The molecule has 1 saturated heterocycles. The second-order valence-corrected chi connectivity index (χ2v) is 6.10. The van der Waals surface area contributed by atoms with Crippen molar-refractivity contribution >= 4 is 15.9 Å². The zero-order valence-electron chi connectivity index (χ0n) is 10.5. The van der Waals surface area contributed by atoms with Crippen LogP contribution in [0.5, 0.6) is 0 Å². The molecule has 1 fully saturated rings. The molecule has 106 valence electrons. The average molecular weight is 279 g/mol. The van der Waals surface area contributed by atoms with Crippen molar-refractivity contribution in [3.8, 4) is 0 Å². The van der Waals surface area contributed by atoms with Crippen molar-refractivity contribution in [2.75, 3.05) is 32.1 Å². The van der Waals surface area contributed by atoms with E-state index < -0.39 is 10.0 Å². The molecule has 1 aliphatic rings. The number of nitrogens with one attached hydrogen (secondary N) is 2. The van der Waals surface area contributed by atoms with Gasteiger partial charge in [-0.3, -0.25) is 4.79 Å². The molecule has 0 radical (unpaired) electrons. The van der Waals surface area contributed by atoms with Crippen LogP contribution in [0.2, 0.25) is 0 Å². The summed E-state index contributed by atoms with van der Waals surface area (Å²) in [5, 5.41) is 10.7. The predicted octanol–water partition coefficient (Wildman–Crippen LogP) is -1.59. The molecule has 0 aromatic rings. The van der Waals surface area contributed by atoms with Crippen molar-refractivity contribution in [1.82, 2.24) is 10.6 Å². The summed E-state index contributed by atoms with van der Waals surface area (Å²) >= 11 is 0. The molecule has 1 aliphatic heterocycles. The van der Waals surface area contributed by atoms with Crippen LogP contribution in [0.1, 0.15) is 13.3 Å². The van der Waals surface area contributed by atoms with Gasteiger partial charge in [0.1, 0.15) is 0 Å². The summed E-state index contributed by atoms with van der Waals surface area (Å²) in [6, 6.07) is -0.000524. The van der Waals surface area contributed by atoms with E-state index in [-0.39, 0.29) is 30.2 Å². The van der Waals surface area contributed by atoms with Crippen LogP contribution in [0.25, 0.3) is 0 Å². The van der Waals surface area contributed by atoms with Crippen LogP contribution in [-0.2, 0) is 19.6 Å². The number of sulfonamides is 1. The molecule has 0 saturated carbocycles. The van der Waals surface area contributed by atoms with Crippen molar-refractivity contribution in [2.24, 2.45) is 11.1 Å². The second-order valence-electron chi connectivity index (χ2n) is 4.36. The van der Waals surface area contributed by atoms with Crippen LogP contribution in [0.4, 0.5) is 0 Å². The lowest BCUT2D eigenvalue weighted by Crippen LogP contribution is -2.45. The van der Waals surface area contributed by atoms with E-state index in [1.54, 1.807) is 0 Å². The average Bonchev–Trinajstić information content (AvgIpc) is 2.72. The first-order valence-corrected chi connectivity index (χ1v) is 7.75. The highest BCUT2D eigenvalue weighted by Crippen LogP contribution is 2.13. The number of ether oxygens (including phenoxy) is 1. The molecule has 0 aliphatic carbocycles. The number of hydrogen-bond acceptors (Lipinski definition) is 5. The molecular weight excluding hydrogens is 258 g/mol. The molecule has 0 spiro atoms. The molecule has 1 amide bonds. The fraction of sp³-hybridized carbons (Fsp3) is 0.900. The topological polar surface area (TPSA) is 111 Å². The van der Waals surface area contributed by atoms with E-state index in [9.17, 15) is 13.2 Å². The third-order valence-electron chi connectivity index (χ3n) is 2.76. The first-order valence-electron chi connectivity index (χ1n) is 6.03. The van der Waals surface area contributed by atoms with Crippen LogP contribution in [0.15, 0.2) is 0 Å². The van der Waals surface area contributed by atoms with Crippen molar-refractivity contribution in [1.29, 1.82) is 0 Å². The summed E-state index contributed by atoms with van der Waals surface area (Å²) < 4.78 is 26.7. The second kappa shape index (κ2) is 7.03. The molecule has 18 heavy (non-hydrogen) atoms. The summed E-state index contributed by atoms with van der Waals surface area (Å²) in [5.41, 5.74) is 0. The minimum Gasteiger partial charge on any atom is -0.379 e. The Bertz CT molecular complexity index is 371. The Morgan fingerprint density at radius 3 is 2.72 bits per heavy atom. The maximum absolute atomic E-state index is 11.8. The van der Waals surface area contributed by atoms with Crippen molar-refractivity contribution in [3.05, 3.63) is 0 Å². The van der Waals surface area contributed by atoms with Gasteiger partial charge in [0.25, 0.3) is 0 Å². The molecule has 2 unspecified atom stereocenters. The zero-order chi connectivity index (χ0) is 13.6. The summed E-state index contributed by atoms with van der Waals surface area (Å²) in [5.74, 6) is -0.707. The molecule has 1 heterocycles. The Kier molecular flexibility index (Phi) is 6.00. The minimum atomic E-state index is -3.53. The number of carbonyl (C=O) groups is 1. The Morgan fingerprint density at radius 2 is 2.11 bits per heavy atom. The van der Waals surface area contributed by atoms with Gasteiger partial charge in [0.05, 0.1) is 24.9 Å². The Morgan fingerprint density at radius 1 is 1.39 bits per heavy atom. The Hall–Kier alpha value is -0.700. The molecule has 0 aromatic heterocycles. The number of rotatable bonds is 7. The SMILES string of the molecule is CCCNC1COCC1C(=O)NCCS(N)(=O)=O. The maximum atomic E-state index is 11.8. The molecular formula is C10H21N3O4S. The number of amides is 1. The van der Waals surface area contributed by atoms with E-state index in [0.29, 0.717) is 13.2 Å². The number of primary sulfonamides is 1. The van der Waals surface area contributed by atoms with Gasteiger partial charge in [-0.15, -0.1) is 0 Å². The van der Waals surface area contributed by atoms with Gasteiger partial charge in [-0.25, -0.2) is 13.6 Å². The molecule has 0 bridgehead atoms. The van der Waals surface area contributed by atoms with Crippen molar-refractivity contribution in [3.63, 3.8) is 0 Å². The summed E-state index contributed by atoms with van der Waals surface area (Å²) in [7, 11) is -3.53. The normalized spacial score (nSPS) is 24.1. The number of carbonyl (C=O) groups excluding carboxylic acids is 1. The minimum absolute atomic E-state index is 0.000524. The first kappa shape index (κ1) is 15.4. The Labute approximate surface area is 107 Å². The third-order valence-corrected chi connectivity index (χ3v) is 3.53. The van der Waals surface area contributed by atoms with Crippen molar-refractivity contribution < 1.29 is 17.9 Å². The zero-order valence-corrected chi connectivity index (χ0v) is 11.3. The Balaban J connectivity index is 2.35. The largest absolute Gasteiger partial charge is 0.379 e. The lowest BCUT2D eigenvalue weighted by atomic mass is 10.0.